The highest BCUT2D eigenvalue weighted by Gasteiger charge is 2.50. The van der Waals surface area contributed by atoms with E-state index in [4.69, 9.17) is 10.5 Å². The molecule has 0 saturated carbocycles. The maximum atomic E-state index is 15.3. The number of hydrogen-bond donors (Lipinski definition) is 1. The first-order valence-corrected chi connectivity index (χ1v) is 10.6. The van der Waals surface area contributed by atoms with Crippen molar-refractivity contribution in [1.82, 2.24) is 4.90 Å². The molecule has 0 unspecified atom stereocenters. The summed E-state index contributed by atoms with van der Waals surface area (Å²) in [7, 11) is 1.39. The van der Waals surface area contributed by atoms with Crippen LogP contribution in [0.1, 0.15) is 39.2 Å². The number of benzene rings is 2. The number of likely N-dealkylation sites (tertiary alicyclic amines) is 1. The van der Waals surface area contributed by atoms with E-state index in [0.29, 0.717) is 55.1 Å². The van der Waals surface area contributed by atoms with Crippen LogP contribution in [0.4, 0.5) is 25.8 Å². The largest absolute Gasteiger partial charge is 0.492 e. The number of anilines is 3. The van der Waals surface area contributed by atoms with Gasteiger partial charge in [-0.05, 0) is 25.0 Å². The number of hydrogen-bond acceptors (Lipinski definition) is 4. The lowest BCUT2D eigenvalue weighted by Crippen LogP contribution is -2.49. The molecule has 1 saturated heterocycles. The topological polar surface area (TPSA) is 58.8 Å². The Morgan fingerprint density at radius 3 is 2.35 bits per heavy atom. The molecule has 0 aromatic heterocycles. The van der Waals surface area contributed by atoms with Crippen molar-refractivity contribution in [2.75, 3.05) is 37.4 Å². The van der Waals surface area contributed by atoms with Gasteiger partial charge in [0.15, 0.2) is 11.6 Å². The van der Waals surface area contributed by atoms with E-state index >= 15 is 4.39 Å². The number of nitrogens with zero attached hydrogens (tertiary/aromatic N) is 2. The number of fused-ring (bicyclic) bond motifs is 2. The van der Waals surface area contributed by atoms with Crippen LogP contribution in [0.2, 0.25) is 0 Å². The number of nitrogen functional groups attached to an aromatic ring is 1. The summed E-state index contributed by atoms with van der Waals surface area (Å²) in [6.45, 7) is 7.19. The molecule has 4 rings (SSSR count). The van der Waals surface area contributed by atoms with Crippen LogP contribution < -0.4 is 15.4 Å². The minimum atomic E-state index is -0.740. The maximum absolute atomic E-state index is 15.3. The Morgan fingerprint density at radius 1 is 1.13 bits per heavy atom. The van der Waals surface area contributed by atoms with Gasteiger partial charge in [-0.15, -0.1) is 0 Å². The normalized spacial score (nSPS) is 17.7. The van der Waals surface area contributed by atoms with Crippen molar-refractivity contribution in [3.8, 4) is 5.75 Å². The number of ether oxygens (including phenoxy) is 1. The average molecular weight is 430 g/mol. The Labute approximate surface area is 181 Å². The van der Waals surface area contributed by atoms with Gasteiger partial charge < -0.3 is 20.3 Å². The second kappa shape index (κ2) is 7.39. The Bertz CT molecular complexity index is 1020. The number of nitrogens with two attached hydrogens (primary N) is 1. The number of carbonyl (C=O) groups excluding carboxylic acids is 1. The Hall–Kier alpha value is -2.83. The number of para-hydroxylation sites is 2. The van der Waals surface area contributed by atoms with Gasteiger partial charge in [0.25, 0.3) is 0 Å². The van der Waals surface area contributed by atoms with Gasteiger partial charge >= 0.3 is 0 Å². The Kier molecular flexibility index (Phi) is 5.10. The SMILES string of the molecule is COc1c(F)cc(F)c2c1N(c1ccccc1N)CC21CCN(C(=O)C(C)(C)C)CC1. The molecule has 2 aromatic carbocycles. The summed E-state index contributed by atoms with van der Waals surface area (Å²) in [4.78, 5) is 16.5. The van der Waals surface area contributed by atoms with Gasteiger partial charge in [-0.25, -0.2) is 8.78 Å². The fourth-order valence-electron chi connectivity index (χ4n) is 4.96. The zero-order chi connectivity index (χ0) is 22.6. The monoisotopic (exact) mass is 429 g/mol. The van der Waals surface area contributed by atoms with Crippen LogP contribution in [0.25, 0.3) is 0 Å². The lowest BCUT2D eigenvalue weighted by Gasteiger charge is -2.42. The molecule has 31 heavy (non-hydrogen) atoms. The van der Waals surface area contributed by atoms with Crippen molar-refractivity contribution in [3.05, 3.63) is 47.5 Å². The highest BCUT2D eigenvalue weighted by atomic mass is 19.1. The molecule has 1 amide bonds. The van der Waals surface area contributed by atoms with E-state index in [0.717, 1.165) is 6.07 Å². The molecule has 2 aliphatic heterocycles. The van der Waals surface area contributed by atoms with Crippen LogP contribution in [0.15, 0.2) is 30.3 Å². The molecule has 0 radical (unpaired) electrons. The molecule has 2 heterocycles. The lowest BCUT2D eigenvalue weighted by molar-refractivity contribution is -0.141. The van der Waals surface area contributed by atoms with Gasteiger partial charge in [-0.1, -0.05) is 32.9 Å². The fraction of sp³-hybridized carbons (Fsp3) is 0.458. The summed E-state index contributed by atoms with van der Waals surface area (Å²) >= 11 is 0. The minimum Gasteiger partial charge on any atom is -0.492 e. The van der Waals surface area contributed by atoms with Crippen LogP contribution in [0.3, 0.4) is 0 Å². The summed E-state index contributed by atoms with van der Waals surface area (Å²) in [5.74, 6) is -1.22. The molecule has 1 spiro atoms. The van der Waals surface area contributed by atoms with Crippen molar-refractivity contribution in [1.29, 1.82) is 0 Å². The van der Waals surface area contributed by atoms with Gasteiger partial charge in [0.1, 0.15) is 5.82 Å². The number of amides is 1. The summed E-state index contributed by atoms with van der Waals surface area (Å²) in [6.07, 6.45) is 1.16. The summed E-state index contributed by atoms with van der Waals surface area (Å²) in [6, 6.07) is 8.20. The van der Waals surface area contributed by atoms with Gasteiger partial charge in [-0.2, -0.15) is 0 Å². The average Bonchev–Trinajstić information content (AvgIpc) is 3.03. The zero-order valence-corrected chi connectivity index (χ0v) is 18.5. The Balaban J connectivity index is 1.80. The first-order chi connectivity index (χ1) is 14.6. The predicted octanol–water partition coefficient (Wildman–Crippen LogP) is 4.61. The molecule has 2 aromatic rings. The molecule has 1 fully saturated rings. The molecule has 2 aliphatic rings. The molecule has 0 atom stereocenters. The van der Waals surface area contributed by atoms with E-state index in [1.54, 1.807) is 6.07 Å². The summed E-state index contributed by atoms with van der Waals surface area (Å²) in [5.41, 5.74) is 7.27. The van der Waals surface area contributed by atoms with Crippen LogP contribution in [-0.4, -0.2) is 37.6 Å². The van der Waals surface area contributed by atoms with Crippen LogP contribution >= 0.6 is 0 Å². The van der Waals surface area contributed by atoms with Crippen LogP contribution in [-0.2, 0) is 10.2 Å². The maximum Gasteiger partial charge on any atom is 0.227 e. The summed E-state index contributed by atoms with van der Waals surface area (Å²) in [5, 5.41) is 0. The van der Waals surface area contributed by atoms with E-state index in [1.165, 1.54) is 7.11 Å². The number of carbonyl (C=O) groups is 1. The highest BCUT2D eigenvalue weighted by molar-refractivity contribution is 5.84. The van der Waals surface area contributed by atoms with Crippen molar-refractivity contribution < 1.29 is 18.3 Å². The molecule has 2 N–H and O–H groups in total. The number of piperidine rings is 1. The van der Waals surface area contributed by atoms with Crippen molar-refractivity contribution in [2.45, 2.75) is 39.0 Å². The van der Waals surface area contributed by atoms with Crippen LogP contribution in [0, 0.1) is 17.0 Å². The molecule has 0 aliphatic carbocycles. The van der Waals surface area contributed by atoms with E-state index in [2.05, 4.69) is 0 Å². The second-order valence-electron chi connectivity index (χ2n) is 9.56. The van der Waals surface area contributed by atoms with E-state index in [1.807, 2.05) is 48.8 Å². The number of methoxy groups -OCH3 is 1. The van der Waals surface area contributed by atoms with Crippen molar-refractivity contribution in [3.63, 3.8) is 0 Å². The fourth-order valence-corrected chi connectivity index (χ4v) is 4.96. The van der Waals surface area contributed by atoms with E-state index in [-0.39, 0.29) is 11.7 Å². The number of halogens is 2. The van der Waals surface area contributed by atoms with Gasteiger partial charge in [0.2, 0.25) is 5.91 Å². The quantitative estimate of drug-likeness (QED) is 0.708. The third-order valence-electron chi connectivity index (χ3n) is 6.50. The second-order valence-corrected chi connectivity index (χ2v) is 9.56. The lowest BCUT2D eigenvalue weighted by atomic mass is 9.73. The zero-order valence-electron chi connectivity index (χ0n) is 18.5. The molecular weight excluding hydrogens is 400 g/mol. The summed E-state index contributed by atoms with van der Waals surface area (Å²) < 4.78 is 35.4. The Morgan fingerprint density at radius 2 is 1.77 bits per heavy atom. The standard InChI is InChI=1S/C24H29F2N3O2/c1-23(2,3)22(30)28-11-9-24(10-12-28)14-29(18-8-6-5-7-17(18)27)20-19(24)15(25)13-16(26)21(20)31-4/h5-8,13H,9-12,14,27H2,1-4H3. The van der Waals surface area contributed by atoms with Gasteiger partial charge in [0, 0.05) is 42.1 Å². The highest BCUT2D eigenvalue weighted by Crippen LogP contribution is 2.55. The molecule has 7 heteroatoms. The molecule has 5 nitrogen and oxygen atoms in total. The third-order valence-corrected chi connectivity index (χ3v) is 6.50. The van der Waals surface area contributed by atoms with E-state index < -0.39 is 22.5 Å². The predicted molar refractivity (Wildman–Crippen MR) is 118 cm³/mol. The van der Waals surface area contributed by atoms with Crippen molar-refractivity contribution >= 4 is 23.0 Å². The first kappa shape index (κ1) is 21.4. The van der Waals surface area contributed by atoms with Crippen LogP contribution in [0.5, 0.6) is 5.75 Å². The number of rotatable bonds is 2. The van der Waals surface area contributed by atoms with E-state index in [9.17, 15) is 9.18 Å². The molecular formula is C24H29F2N3O2. The van der Waals surface area contributed by atoms with Crippen molar-refractivity contribution in [2.24, 2.45) is 5.41 Å². The first-order valence-electron chi connectivity index (χ1n) is 10.6. The molecule has 0 bridgehead atoms. The molecule has 166 valence electrons. The third kappa shape index (κ3) is 3.40. The van der Waals surface area contributed by atoms with Gasteiger partial charge in [-0.3, -0.25) is 4.79 Å². The smallest absolute Gasteiger partial charge is 0.227 e. The minimum absolute atomic E-state index is 0.0183. The van der Waals surface area contributed by atoms with Gasteiger partial charge in [0.05, 0.1) is 24.2 Å².